The number of alkyl halides is 1. The van der Waals surface area contributed by atoms with Gasteiger partial charge in [0.1, 0.15) is 0 Å². The van der Waals surface area contributed by atoms with Crippen LogP contribution in [0.1, 0.15) is 11.7 Å². The largest absolute Gasteiger partial charge is 0.493 e. The summed E-state index contributed by atoms with van der Waals surface area (Å²) in [5.74, 6) is 0.675. The molecule has 0 aliphatic rings. The first kappa shape index (κ1) is 18.1. The Hall–Kier alpha value is -2.24. The second kappa shape index (κ2) is 9.15. The molecule has 0 bridgehead atoms. The normalized spacial score (nSPS) is 13.0. The van der Waals surface area contributed by atoms with Crippen molar-refractivity contribution < 1.29 is 19.4 Å². The van der Waals surface area contributed by atoms with Gasteiger partial charge in [-0.3, -0.25) is 4.79 Å². The number of amides is 1. The number of nitrogens with one attached hydrogen (secondary N) is 1. The third-order valence-electron chi connectivity index (χ3n) is 3.34. The average molecular weight is 350 g/mol. The molecule has 0 saturated carbocycles. The van der Waals surface area contributed by atoms with E-state index in [2.05, 4.69) is 5.32 Å². The molecule has 6 heteroatoms. The Morgan fingerprint density at radius 3 is 2.38 bits per heavy atom. The van der Waals surface area contributed by atoms with Gasteiger partial charge in [0, 0.05) is 12.1 Å². The minimum absolute atomic E-state index is 0.0453. The standard InChI is InChI=1S/C18H20ClNO4/c1-23-15-9-5-6-10-16(15)24-17(13-7-3-2-4-8-13)18(22)20-12-14(21)11-19/h2-10,14,17,21H,11-12H2,1H3,(H,20,22). The van der Waals surface area contributed by atoms with Gasteiger partial charge in [0.15, 0.2) is 11.5 Å². The van der Waals surface area contributed by atoms with Gasteiger partial charge in [0.25, 0.3) is 5.91 Å². The van der Waals surface area contributed by atoms with E-state index in [1.54, 1.807) is 30.3 Å². The summed E-state index contributed by atoms with van der Waals surface area (Å²) in [7, 11) is 1.54. The van der Waals surface area contributed by atoms with Crippen LogP contribution in [0.25, 0.3) is 0 Å². The number of rotatable bonds is 8. The number of para-hydroxylation sites is 2. The zero-order valence-electron chi connectivity index (χ0n) is 13.3. The quantitative estimate of drug-likeness (QED) is 0.719. The van der Waals surface area contributed by atoms with Crippen molar-refractivity contribution in [2.45, 2.75) is 12.2 Å². The van der Waals surface area contributed by atoms with Crippen LogP contribution in [0.15, 0.2) is 54.6 Å². The zero-order chi connectivity index (χ0) is 17.4. The van der Waals surface area contributed by atoms with E-state index in [0.29, 0.717) is 17.1 Å². The molecule has 0 aliphatic carbocycles. The van der Waals surface area contributed by atoms with Crippen molar-refractivity contribution >= 4 is 17.5 Å². The van der Waals surface area contributed by atoms with Gasteiger partial charge in [-0.05, 0) is 12.1 Å². The van der Waals surface area contributed by atoms with Crippen LogP contribution in [0.5, 0.6) is 11.5 Å². The minimum atomic E-state index is -0.870. The molecule has 24 heavy (non-hydrogen) atoms. The Balaban J connectivity index is 2.22. The fourth-order valence-corrected chi connectivity index (χ4v) is 2.22. The molecule has 0 spiro atoms. The lowest BCUT2D eigenvalue weighted by molar-refractivity contribution is -0.128. The Bertz CT molecular complexity index is 650. The highest BCUT2D eigenvalue weighted by Crippen LogP contribution is 2.30. The summed E-state index contributed by atoms with van der Waals surface area (Å²) in [5, 5.41) is 12.2. The number of hydrogen-bond donors (Lipinski definition) is 2. The van der Waals surface area contributed by atoms with Gasteiger partial charge in [-0.2, -0.15) is 0 Å². The van der Waals surface area contributed by atoms with E-state index in [9.17, 15) is 9.90 Å². The van der Waals surface area contributed by atoms with Crippen LogP contribution in [-0.4, -0.2) is 36.7 Å². The summed E-state index contributed by atoms with van der Waals surface area (Å²) < 4.78 is 11.2. The molecular formula is C18H20ClNO4. The highest BCUT2D eigenvalue weighted by molar-refractivity contribution is 6.18. The molecule has 2 atom stereocenters. The highest BCUT2D eigenvalue weighted by atomic mass is 35.5. The molecule has 128 valence electrons. The van der Waals surface area contributed by atoms with E-state index < -0.39 is 12.2 Å². The summed E-state index contributed by atoms with van der Waals surface area (Å²) in [6.45, 7) is 0.0565. The first-order valence-electron chi connectivity index (χ1n) is 7.52. The second-order valence-corrected chi connectivity index (χ2v) is 5.42. The van der Waals surface area contributed by atoms with Crippen molar-refractivity contribution in [3.8, 4) is 11.5 Å². The van der Waals surface area contributed by atoms with Crippen LogP contribution >= 0.6 is 11.6 Å². The predicted octanol–water partition coefficient (Wildman–Crippen LogP) is 2.53. The molecule has 0 heterocycles. The molecule has 0 aromatic heterocycles. The lowest BCUT2D eigenvalue weighted by Gasteiger charge is -2.21. The van der Waals surface area contributed by atoms with Crippen LogP contribution in [0, 0.1) is 0 Å². The minimum Gasteiger partial charge on any atom is -0.493 e. The number of halogens is 1. The molecule has 0 fully saturated rings. The van der Waals surface area contributed by atoms with E-state index in [-0.39, 0.29) is 18.3 Å². The molecule has 2 aromatic carbocycles. The van der Waals surface area contributed by atoms with Gasteiger partial charge in [-0.15, -0.1) is 11.6 Å². The predicted molar refractivity (Wildman–Crippen MR) is 92.5 cm³/mol. The third kappa shape index (κ3) is 4.88. The number of hydrogen-bond acceptors (Lipinski definition) is 4. The summed E-state index contributed by atoms with van der Waals surface area (Å²) in [6.07, 6.45) is -1.68. The van der Waals surface area contributed by atoms with E-state index >= 15 is 0 Å². The maximum Gasteiger partial charge on any atom is 0.265 e. The maximum absolute atomic E-state index is 12.5. The van der Waals surface area contributed by atoms with E-state index in [4.69, 9.17) is 21.1 Å². The number of aliphatic hydroxyl groups excluding tert-OH is 1. The number of carbonyl (C=O) groups excluding carboxylic acids is 1. The van der Waals surface area contributed by atoms with Crippen LogP contribution in [0.3, 0.4) is 0 Å². The third-order valence-corrected chi connectivity index (χ3v) is 3.70. The van der Waals surface area contributed by atoms with E-state index in [1.165, 1.54) is 7.11 Å². The van der Waals surface area contributed by atoms with Crippen LogP contribution in [0.2, 0.25) is 0 Å². The number of methoxy groups -OCH3 is 1. The summed E-state index contributed by atoms with van der Waals surface area (Å²) >= 11 is 5.55. The lowest BCUT2D eigenvalue weighted by atomic mass is 10.1. The molecule has 5 nitrogen and oxygen atoms in total. The Morgan fingerprint density at radius 1 is 1.12 bits per heavy atom. The van der Waals surface area contributed by atoms with Crippen molar-refractivity contribution in [3.63, 3.8) is 0 Å². The van der Waals surface area contributed by atoms with Gasteiger partial charge >= 0.3 is 0 Å². The van der Waals surface area contributed by atoms with E-state index in [1.807, 2.05) is 24.3 Å². The van der Waals surface area contributed by atoms with Crippen LogP contribution in [0.4, 0.5) is 0 Å². The molecule has 0 saturated heterocycles. The molecule has 2 N–H and O–H groups in total. The van der Waals surface area contributed by atoms with Gasteiger partial charge in [0.2, 0.25) is 6.10 Å². The number of aliphatic hydroxyl groups is 1. The Kier molecular flexibility index (Phi) is 6.90. The molecule has 2 aromatic rings. The van der Waals surface area contributed by atoms with Crippen molar-refractivity contribution in [3.05, 3.63) is 60.2 Å². The van der Waals surface area contributed by atoms with Crippen molar-refractivity contribution in [2.24, 2.45) is 0 Å². The lowest BCUT2D eigenvalue weighted by Crippen LogP contribution is -2.38. The fraction of sp³-hybridized carbons (Fsp3) is 0.278. The van der Waals surface area contributed by atoms with Crippen LogP contribution < -0.4 is 14.8 Å². The molecule has 2 rings (SSSR count). The highest BCUT2D eigenvalue weighted by Gasteiger charge is 2.24. The first-order valence-corrected chi connectivity index (χ1v) is 8.05. The molecule has 1 amide bonds. The van der Waals surface area contributed by atoms with Gasteiger partial charge in [0.05, 0.1) is 19.1 Å². The first-order chi connectivity index (χ1) is 11.7. The van der Waals surface area contributed by atoms with Crippen LogP contribution in [-0.2, 0) is 4.79 Å². The Labute approximate surface area is 146 Å². The maximum atomic E-state index is 12.5. The molecule has 2 unspecified atom stereocenters. The smallest absolute Gasteiger partial charge is 0.265 e. The van der Waals surface area contributed by atoms with Crippen molar-refractivity contribution in [1.29, 1.82) is 0 Å². The van der Waals surface area contributed by atoms with Crippen molar-refractivity contribution in [2.75, 3.05) is 19.5 Å². The van der Waals surface area contributed by atoms with Gasteiger partial charge in [-0.25, -0.2) is 0 Å². The SMILES string of the molecule is COc1ccccc1OC(C(=O)NCC(O)CCl)c1ccccc1. The molecule has 0 aliphatic heterocycles. The number of benzene rings is 2. The zero-order valence-corrected chi connectivity index (χ0v) is 14.1. The summed E-state index contributed by atoms with van der Waals surface area (Å²) in [4.78, 5) is 12.5. The van der Waals surface area contributed by atoms with Gasteiger partial charge < -0.3 is 19.9 Å². The number of carbonyl (C=O) groups is 1. The summed E-state index contributed by atoms with van der Waals surface area (Å²) in [5.41, 5.74) is 0.696. The monoisotopic (exact) mass is 349 g/mol. The molecule has 0 radical (unpaired) electrons. The number of ether oxygens (including phenoxy) is 2. The molecular weight excluding hydrogens is 330 g/mol. The van der Waals surface area contributed by atoms with E-state index in [0.717, 1.165) is 0 Å². The topological polar surface area (TPSA) is 67.8 Å². The average Bonchev–Trinajstić information content (AvgIpc) is 2.64. The van der Waals surface area contributed by atoms with Crippen molar-refractivity contribution in [1.82, 2.24) is 5.32 Å². The summed E-state index contributed by atoms with van der Waals surface area (Å²) in [6, 6.07) is 16.2. The second-order valence-electron chi connectivity index (χ2n) is 5.11. The van der Waals surface area contributed by atoms with Gasteiger partial charge in [-0.1, -0.05) is 42.5 Å². The Morgan fingerprint density at radius 2 is 1.75 bits per heavy atom. The fourth-order valence-electron chi connectivity index (χ4n) is 2.11.